The number of hydrogen-bond donors (Lipinski definition) is 4. The van der Waals surface area contributed by atoms with Gasteiger partial charge in [0.05, 0.1) is 26.9 Å². The number of anilines is 1. The Morgan fingerprint density at radius 3 is 2.34 bits per heavy atom. The maximum absolute atomic E-state index is 12.6. The van der Waals surface area contributed by atoms with Gasteiger partial charge in [-0.3, -0.25) is 14.3 Å². The summed E-state index contributed by atoms with van der Waals surface area (Å²) in [5.74, 6) is 1.44. The predicted molar refractivity (Wildman–Crippen MR) is 116 cm³/mol. The Labute approximate surface area is 182 Å². The lowest BCUT2D eigenvalue weighted by atomic mass is 10.3. The molecule has 0 fully saturated rings. The Balaban J connectivity index is 1.93. The van der Waals surface area contributed by atoms with Crippen molar-refractivity contribution < 1.29 is 24.8 Å². The molecule has 1 atom stereocenters. The van der Waals surface area contributed by atoms with Gasteiger partial charge in [-0.25, -0.2) is 4.79 Å². The molecule has 0 aliphatic carbocycles. The van der Waals surface area contributed by atoms with Crippen molar-refractivity contribution in [2.45, 2.75) is 12.6 Å². The van der Waals surface area contributed by atoms with Gasteiger partial charge in [-0.15, -0.1) is 0 Å². The number of ether oxygens (including phenoxy) is 2. The van der Waals surface area contributed by atoms with E-state index in [0.29, 0.717) is 11.5 Å². The third-order valence-electron chi connectivity index (χ3n) is 4.90. The molecule has 174 valence electrons. The highest BCUT2D eigenvalue weighted by Crippen LogP contribution is 2.21. The van der Waals surface area contributed by atoms with Crippen LogP contribution in [0.4, 0.5) is 5.95 Å². The Hall–Kier alpha value is -3.35. The summed E-state index contributed by atoms with van der Waals surface area (Å²) < 4.78 is 13.4. The number of benzene rings is 1. The fraction of sp³-hybridized carbons (Fsp3) is 0.450. The van der Waals surface area contributed by atoms with Crippen LogP contribution in [-0.2, 0) is 13.6 Å². The lowest BCUT2D eigenvalue weighted by Gasteiger charge is -2.24. The molecule has 0 bridgehead atoms. The molecule has 4 N–H and O–H groups in total. The number of methoxy groups -OCH3 is 1. The van der Waals surface area contributed by atoms with Crippen LogP contribution in [0.3, 0.4) is 0 Å². The standard InChI is InChI=1S/C20H27N5O7/c1-23-17-16(18(29)22-20(23)30)25(19(21-17)24(7-9-26)8-10-27)11-13(28)12-32-15-5-3-14(31-2)4-6-15/h3-6,13,26-28H,7-12H2,1-2H3,(H,22,29,30). The molecule has 3 aromatic rings. The highest BCUT2D eigenvalue weighted by atomic mass is 16.5. The van der Waals surface area contributed by atoms with Crippen LogP contribution in [-0.4, -0.2) is 80.5 Å². The molecule has 0 aliphatic rings. The molecule has 1 aromatic carbocycles. The largest absolute Gasteiger partial charge is 0.497 e. The fourth-order valence-electron chi connectivity index (χ4n) is 3.32. The summed E-state index contributed by atoms with van der Waals surface area (Å²) in [6.45, 7) is -0.322. The van der Waals surface area contributed by atoms with E-state index in [1.807, 2.05) is 0 Å². The molecule has 32 heavy (non-hydrogen) atoms. The van der Waals surface area contributed by atoms with Gasteiger partial charge in [-0.2, -0.15) is 4.98 Å². The van der Waals surface area contributed by atoms with Gasteiger partial charge in [0.15, 0.2) is 11.2 Å². The number of nitrogens with zero attached hydrogens (tertiary/aromatic N) is 4. The molecule has 3 rings (SSSR count). The number of fused-ring (bicyclic) bond motifs is 1. The minimum absolute atomic E-state index is 0.0728. The van der Waals surface area contributed by atoms with Gasteiger partial charge in [0.25, 0.3) is 5.56 Å². The number of aliphatic hydroxyl groups excluding tert-OH is 3. The van der Waals surface area contributed by atoms with Crippen LogP contribution in [0.2, 0.25) is 0 Å². The van der Waals surface area contributed by atoms with Crippen LogP contribution in [0.25, 0.3) is 11.2 Å². The van der Waals surface area contributed by atoms with E-state index in [2.05, 4.69) is 9.97 Å². The number of rotatable bonds is 11. The fourth-order valence-corrected chi connectivity index (χ4v) is 3.32. The van der Waals surface area contributed by atoms with Crippen molar-refractivity contribution in [2.24, 2.45) is 7.05 Å². The Kier molecular flexibility index (Phi) is 7.51. The predicted octanol–water partition coefficient (Wildman–Crippen LogP) is -1.34. The van der Waals surface area contributed by atoms with Crippen LogP contribution in [0.15, 0.2) is 33.9 Å². The van der Waals surface area contributed by atoms with Crippen molar-refractivity contribution in [1.29, 1.82) is 0 Å². The average Bonchev–Trinajstić information content (AvgIpc) is 3.16. The van der Waals surface area contributed by atoms with Crippen LogP contribution < -0.4 is 25.6 Å². The second-order valence-corrected chi connectivity index (χ2v) is 7.09. The SMILES string of the molecule is COc1ccc(OCC(O)Cn2c(N(CCO)CCO)nc3c2c(=O)[nH]c(=O)n3C)cc1. The molecule has 0 saturated carbocycles. The Bertz CT molecular complexity index is 1150. The smallest absolute Gasteiger partial charge is 0.329 e. The molecule has 0 spiro atoms. The van der Waals surface area contributed by atoms with E-state index in [1.165, 1.54) is 16.2 Å². The maximum Gasteiger partial charge on any atom is 0.329 e. The van der Waals surface area contributed by atoms with Crippen molar-refractivity contribution in [1.82, 2.24) is 19.1 Å². The third-order valence-corrected chi connectivity index (χ3v) is 4.90. The molecule has 12 heteroatoms. The molecule has 2 aromatic heterocycles. The summed E-state index contributed by atoms with van der Waals surface area (Å²) >= 11 is 0. The van der Waals surface area contributed by atoms with Gasteiger partial charge in [0.2, 0.25) is 5.95 Å². The zero-order valence-corrected chi connectivity index (χ0v) is 17.9. The molecule has 0 radical (unpaired) electrons. The number of aromatic nitrogens is 4. The number of H-pyrrole nitrogens is 1. The lowest BCUT2D eigenvalue weighted by Crippen LogP contribution is -2.34. The van der Waals surface area contributed by atoms with Gasteiger partial charge in [-0.05, 0) is 24.3 Å². The number of imidazole rings is 1. The number of nitrogens with one attached hydrogen (secondary N) is 1. The zero-order valence-electron chi connectivity index (χ0n) is 17.9. The minimum Gasteiger partial charge on any atom is -0.497 e. The number of aliphatic hydroxyl groups is 3. The van der Waals surface area contributed by atoms with Gasteiger partial charge in [0.1, 0.15) is 24.2 Å². The van der Waals surface area contributed by atoms with E-state index in [-0.39, 0.29) is 56.6 Å². The van der Waals surface area contributed by atoms with E-state index >= 15 is 0 Å². The highest BCUT2D eigenvalue weighted by Gasteiger charge is 2.23. The van der Waals surface area contributed by atoms with Crippen molar-refractivity contribution in [3.05, 3.63) is 45.1 Å². The first-order valence-corrected chi connectivity index (χ1v) is 10.0. The molecule has 0 saturated heterocycles. The molecule has 0 aliphatic heterocycles. The van der Waals surface area contributed by atoms with E-state index in [9.17, 15) is 24.9 Å². The quantitative estimate of drug-likeness (QED) is 0.278. The first-order valence-electron chi connectivity index (χ1n) is 10.0. The second-order valence-electron chi connectivity index (χ2n) is 7.09. The van der Waals surface area contributed by atoms with Crippen LogP contribution >= 0.6 is 0 Å². The highest BCUT2D eigenvalue weighted by molar-refractivity contribution is 5.74. The van der Waals surface area contributed by atoms with Gasteiger partial charge < -0.3 is 34.3 Å². The summed E-state index contributed by atoms with van der Waals surface area (Å²) in [6, 6.07) is 6.86. The van der Waals surface area contributed by atoms with Gasteiger partial charge in [0, 0.05) is 20.1 Å². The topological polar surface area (TPSA) is 155 Å². The lowest BCUT2D eigenvalue weighted by molar-refractivity contribution is 0.0935. The Morgan fingerprint density at radius 2 is 1.75 bits per heavy atom. The number of aromatic amines is 1. The monoisotopic (exact) mass is 449 g/mol. The summed E-state index contributed by atoms with van der Waals surface area (Å²) in [5, 5.41) is 29.4. The molecule has 0 amide bonds. The van der Waals surface area contributed by atoms with Crippen LogP contribution in [0.5, 0.6) is 11.5 Å². The van der Waals surface area contributed by atoms with E-state index < -0.39 is 17.4 Å². The summed E-state index contributed by atoms with van der Waals surface area (Å²) in [5.41, 5.74) is -1.07. The normalized spacial score (nSPS) is 12.2. The first-order chi connectivity index (χ1) is 15.4. The zero-order chi connectivity index (χ0) is 23.3. The van der Waals surface area contributed by atoms with E-state index in [0.717, 1.165) is 0 Å². The van der Waals surface area contributed by atoms with E-state index in [4.69, 9.17) is 9.47 Å². The summed E-state index contributed by atoms with van der Waals surface area (Å²) in [7, 11) is 3.02. The maximum atomic E-state index is 12.6. The summed E-state index contributed by atoms with van der Waals surface area (Å²) in [6.07, 6.45) is -1.03. The van der Waals surface area contributed by atoms with Crippen molar-refractivity contribution in [3.63, 3.8) is 0 Å². The molecule has 1 unspecified atom stereocenters. The van der Waals surface area contributed by atoms with Crippen LogP contribution in [0, 0.1) is 0 Å². The average molecular weight is 449 g/mol. The summed E-state index contributed by atoms with van der Waals surface area (Å²) in [4.78, 5) is 32.8. The third kappa shape index (κ3) is 4.93. The Morgan fingerprint density at radius 1 is 1.12 bits per heavy atom. The van der Waals surface area contributed by atoms with Gasteiger partial charge in [-0.1, -0.05) is 0 Å². The molecular formula is C20H27N5O7. The van der Waals surface area contributed by atoms with Crippen molar-refractivity contribution in [2.75, 3.05) is 44.9 Å². The van der Waals surface area contributed by atoms with Crippen molar-refractivity contribution >= 4 is 17.1 Å². The number of hydrogen-bond acceptors (Lipinski definition) is 9. The van der Waals surface area contributed by atoms with E-state index in [1.54, 1.807) is 36.3 Å². The molecule has 12 nitrogen and oxygen atoms in total. The minimum atomic E-state index is -1.03. The second kappa shape index (κ2) is 10.3. The molecule has 2 heterocycles. The molecular weight excluding hydrogens is 422 g/mol. The van der Waals surface area contributed by atoms with Crippen LogP contribution in [0.1, 0.15) is 0 Å². The van der Waals surface area contributed by atoms with Crippen molar-refractivity contribution in [3.8, 4) is 11.5 Å². The van der Waals surface area contributed by atoms with Gasteiger partial charge >= 0.3 is 5.69 Å². The first kappa shape index (κ1) is 23.3. The number of aryl methyl sites for hydroxylation is 1.